The normalized spacial score (nSPS) is 12.5. The van der Waals surface area contributed by atoms with Crippen molar-refractivity contribution in [1.82, 2.24) is 15.5 Å². The molecule has 8 nitrogen and oxygen atoms in total. The van der Waals surface area contributed by atoms with Crippen LogP contribution in [0.5, 0.6) is 5.75 Å². The number of anilines is 1. The van der Waals surface area contributed by atoms with Gasteiger partial charge in [0.1, 0.15) is 12.4 Å². The molecule has 0 aliphatic rings. The van der Waals surface area contributed by atoms with Crippen molar-refractivity contribution in [2.75, 3.05) is 24.4 Å². The van der Waals surface area contributed by atoms with Gasteiger partial charge in [-0.3, -0.25) is 9.82 Å². The number of aromatic nitrogens is 2. The number of fused-ring (bicyclic) bond motifs is 1. The second-order valence-electron chi connectivity index (χ2n) is 7.93. The lowest BCUT2D eigenvalue weighted by Gasteiger charge is -2.17. The van der Waals surface area contributed by atoms with Crippen LogP contribution in [0.2, 0.25) is 5.02 Å². The summed E-state index contributed by atoms with van der Waals surface area (Å²) in [5, 5.41) is 22.3. The number of hydrogen-bond donors (Lipinski definition) is 4. The molecule has 4 aromatic rings. The number of aromatic amines is 1. The molecule has 0 aliphatic heterocycles. The molecular formula is C25H27ClN4O4S. The Hall–Kier alpha value is -3.11. The van der Waals surface area contributed by atoms with Crippen molar-refractivity contribution >= 4 is 38.2 Å². The maximum absolute atomic E-state index is 12.6. The van der Waals surface area contributed by atoms with Crippen molar-refractivity contribution in [1.29, 1.82) is 0 Å². The lowest BCUT2D eigenvalue weighted by molar-refractivity contribution is 0.172. The molecule has 1 atom stereocenters. The number of hydrogen-bond acceptors (Lipinski definition) is 6. The minimum atomic E-state index is -3.80. The number of H-pyrrole nitrogens is 1. The lowest BCUT2D eigenvalue weighted by Crippen LogP contribution is -2.26. The summed E-state index contributed by atoms with van der Waals surface area (Å²) in [6.45, 7) is 3.18. The van der Waals surface area contributed by atoms with E-state index in [1.807, 2.05) is 18.2 Å². The average molecular weight is 515 g/mol. The Morgan fingerprint density at radius 3 is 2.69 bits per heavy atom. The van der Waals surface area contributed by atoms with Crippen LogP contribution in [0.3, 0.4) is 0 Å². The SMILES string of the molecule is CCc1[nH]nc2cc(OCCNC[C@H](O)c3cccc(NS(=O)(=O)c4ccccc4)c3Cl)ccc12. The molecule has 0 amide bonds. The predicted molar refractivity (Wildman–Crippen MR) is 137 cm³/mol. The largest absolute Gasteiger partial charge is 0.492 e. The predicted octanol–water partition coefficient (Wildman–Crippen LogP) is 4.28. The quantitative estimate of drug-likeness (QED) is 0.222. The fourth-order valence-electron chi connectivity index (χ4n) is 3.69. The standard InChI is InChI=1S/C25H27ClN4O4S/c1-2-21-19-12-11-17(15-23(19)29-28-21)34-14-13-27-16-24(31)20-9-6-10-22(25(20)26)30-35(32,33)18-7-4-3-5-8-18/h3-12,15,24,27,30-31H,2,13-14,16H2,1H3,(H,28,29)/t24-/m0/s1. The van der Waals surface area contributed by atoms with Crippen molar-refractivity contribution in [3.63, 3.8) is 0 Å². The van der Waals surface area contributed by atoms with Crippen molar-refractivity contribution in [2.24, 2.45) is 0 Å². The van der Waals surface area contributed by atoms with E-state index in [9.17, 15) is 13.5 Å². The zero-order valence-electron chi connectivity index (χ0n) is 19.2. The van der Waals surface area contributed by atoms with Crippen LogP contribution in [0.25, 0.3) is 10.9 Å². The van der Waals surface area contributed by atoms with Gasteiger partial charge in [0.25, 0.3) is 10.0 Å². The molecule has 35 heavy (non-hydrogen) atoms. The Bertz CT molecular complexity index is 1390. The molecule has 0 spiro atoms. The highest BCUT2D eigenvalue weighted by Gasteiger charge is 2.19. The molecule has 0 saturated carbocycles. The molecule has 0 unspecified atom stereocenters. The van der Waals surface area contributed by atoms with E-state index in [4.69, 9.17) is 16.3 Å². The van der Waals surface area contributed by atoms with Gasteiger partial charge < -0.3 is 15.2 Å². The summed E-state index contributed by atoms with van der Waals surface area (Å²) in [7, 11) is -3.80. The summed E-state index contributed by atoms with van der Waals surface area (Å²) in [4.78, 5) is 0.126. The van der Waals surface area contributed by atoms with E-state index in [1.54, 1.807) is 36.4 Å². The monoisotopic (exact) mass is 514 g/mol. The van der Waals surface area contributed by atoms with E-state index in [1.165, 1.54) is 12.1 Å². The summed E-state index contributed by atoms with van der Waals surface area (Å²) in [6.07, 6.45) is -0.0500. The van der Waals surface area contributed by atoms with Gasteiger partial charge in [0.2, 0.25) is 0 Å². The zero-order valence-corrected chi connectivity index (χ0v) is 20.7. The number of aliphatic hydroxyl groups is 1. The molecule has 184 valence electrons. The Morgan fingerprint density at radius 2 is 1.91 bits per heavy atom. The zero-order chi connectivity index (χ0) is 24.8. The minimum Gasteiger partial charge on any atom is -0.492 e. The number of sulfonamides is 1. The van der Waals surface area contributed by atoms with Crippen LogP contribution in [0, 0.1) is 0 Å². The molecule has 0 aliphatic carbocycles. The fourth-order valence-corrected chi connectivity index (χ4v) is 5.13. The summed E-state index contributed by atoms with van der Waals surface area (Å²) in [5.74, 6) is 0.718. The summed E-state index contributed by atoms with van der Waals surface area (Å²) in [6, 6.07) is 18.7. The molecule has 1 aromatic heterocycles. The molecule has 0 fully saturated rings. The first kappa shape index (κ1) is 25.0. The van der Waals surface area contributed by atoms with Gasteiger partial charge in [0.15, 0.2) is 0 Å². The molecule has 1 heterocycles. The number of aliphatic hydroxyl groups excluding tert-OH is 1. The van der Waals surface area contributed by atoms with Gasteiger partial charge >= 0.3 is 0 Å². The first-order valence-electron chi connectivity index (χ1n) is 11.2. The summed E-state index contributed by atoms with van der Waals surface area (Å²) >= 11 is 6.43. The Labute approximate surface area is 209 Å². The third-order valence-corrected chi connectivity index (χ3v) is 7.33. The number of halogens is 1. The van der Waals surface area contributed by atoms with Gasteiger partial charge in [0.05, 0.1) is 27.2 Å². The molecule has 0 radical (unpaired) electrons. The van der Waals surface area contributed by atoms with Crippen LogP contribution in [0.4, 0.5) is 5.69 Å². The number of nitrogens with zero attached hydrogens (tertiary/aromatic N) is 1. The third-order valence-electron chi connectivity index (χ3n) is 5.53. The highest BCUT2D eigenvalue weighted by molar-refractivity contribution is 7.92. The smallest absolute Gasteiger partial charge is 0.261 e. The number of nitrogens with one attached hydrogen (secondary N) is 3. The Morgan fingerprint density at radius 1 is 1.11 bits per heavy atom. The fraction of sp³-hybridized carbons (Fsp3) is 0.240. The van der Waals surface area contributed by atoms with E-state index in [0.29, 0.717) is 18.7 Å². The molecule has 0 saturated heterocycles. The highest BCUT2D eigenvalue weighted by atomic mass is 35.5. The molecular weight excluding hydrogens is 488 g/mol. The topological polar surface area (TPSA) is 116 Å². The molecule has 4 N–H and O–H groups in total. The van der Waals surface area contributed by atoms with Crippen molar-refractivity contribution in [3.05, 3.63) is 83.0 Å². The van der Waals surface area contributed by atoms with Gasteiger partial charge in [-0.2, -0.15) is 5.10 Å². The van der Waals surface area contributed by atoms with Gasteiger partial charge in [-0.25, -0.2) is 8.42 Å². The van der Waals surface area contributed by atoms with Gasteiger partial charge in [-0.1, -0.05) is 48.9 Å². The van der Waals surface area contributed by atoms with E-state index in [0.717, 1.165) is 28.8 Å². The molecule has 4 rings (SSSR count). The second-order valence-corrected chi connectivity index (χ2v) is 9.99. The van der Waals surface area contributed by atoms with Crippen LogP contribution in [0.1, 0.15) is 24.3 Å². The lowest BCUT2D eigenvalue weighted by atomic mass is 10.1. The van der Waals surface area contributed by atoms with Crippen molar-refractivity contribution < 1.29 is 18.3 Å². The molecule has 3 aromatic carbocycles. The van der Waals surface area contributed by atoms with Crippen LogP contribution in [0.15, 0.2) is 71.6 Å². The first-order valence-corrected chi connectivity index (χ1v) is 13.1. The Kier molecular flexibility index (Phi) is 7.92. The number of benzene rings is 3. The van der Waals surface area contributed by atoms with E-state index >= 15 is 0 Å². The second kappa shape index (κ2) is 11.1. The minimum absolute atomic E-state index is 0.126. The first-order chi connectivity index (χ1) is 16.9. The highest BCUT2D eigenvalue weighted by Crippen LogP contribution is 2.31. The van der Waals surface area contributed by atoms with Gasteiger partial charge in [-0.05, 0) is 36.8 Å². The number of rotatable bonds is 11. The van der Waals surface area contributed by atoms with Crippen LogP contribution in [-0.4, -0.2) is 43.4 Å². The van der Waals surface area contributed by atoms with Crippen LogP contribution >= 0.6 is 11.6 Å². The van der Waals surface area contributed by atoms with Crippen molar-refractivity contribution in [3.8, 4) is 5.75 Å². The summed E-state index contributed by atoms with van der Waals surface area (Å²) in [5.41, 5.74) is 2.58. The van der Waals surface area contributed by atoms with E-state index in [2.05, 4.69) is 27.2 Å². The maximum atomic E-state index is 12.6. The maximum Gasteiger partial charge on any atom is 0.261 e. The van der Waals surface area contributed by atoms with Gasteiger partial charge in [-0.15, -0.1) is 0 Å². The average Bonchev–Trinajstić information content (AvgIpc) is 3.28. The number of ether oxygens (including phenoxy) is 1. The Balaban J connectivity index is 1.30. The molecule has 10 heteroatoms. The van der Waals surface area contributed by atoms with Gasteiger partial charge in [0, 0.05) is 35.8 Å². The third kappa shape index (κ3) is 5.94. The summed E-state index contributed by atoms with van der Waals surface area (Å²) < 4.78 is 33.5. The van der Waals surface area contributed by atoms with E-state index < -0.39 is 16.1 Å². The van der Waals surface area contributed by atoms with Crippen LogP contribution < -0.4 is 14.8 Å². The van der Waals surface area contributed by atoms with Crippen molar-refractivity contribution in [2.45, 2.75) is 24.3 Å². The molecule has 0 bridgehead atoms. The van der Waals surface area contributed by atoms with Crippen LogP contribution in [-0.2, 0) is 16.4 Å². The van der Waals surface area contributed by atoms with E-state index in [-0.39, 0.29) is 22.2 Å². The number of aryl methyl sites for hydroxylation is 1.